The minimum absolute atomic E-state index is 0.0734. The number of hydrogen-bond donors (Lipinski definition) is 2. The van der Waals surface area contributed by atoms with Crippen LogP contribution in [0.1, 0.15) is 28.9 Å². The van der Waals surface area contributed by atoms with E-state index >= 15 is 0 Å². The number of thioether (sulfide) groups is 1. The molecule has 2 amide bonds. The first kappa shape index (κ1) is 21.3. The van der Waals surface area contributed by atoms with E-state index in [0.29, 0.717) is 18.8 Å². The van der Waals surface area contributed by atoms with Crippen molar-refractivity contribution >= 4 is 33.6 Å². The lowest BCUT2D eigenvalue weighted by atomic mass is 10.2. The molecule has 1 aliphatic heterocycles. The van der Waals surface area contributed by atoms with Gasteiger partial charge in [-0.05, 0) is 43.2 Å². The Balaban J connectivity index is 1.51. The minimum Gasteiger partial charge on any atom is -0.272 e. The first-order valence-electron chi connectivity index (χ1n) is 9.14. The number of carbonyl (C=O) groups excluding carboxylic acids is 2. The molecular weight excluding hydrogens is 412 g/mol. The number of nitrogens with zero attached hydrogens (tertiary/aromatic N) is 2. The van der Waals surface area contributed by atoms with Crippen molar-refractivity contribution in [2.45, 2.75) is 23.5 Å². The Morgan fingerprint density at radius 1 is 1.07 bits per heavy atom. The van der Waals surface area contributed by atoms with Crippen molar-refractivity contribution in [2.75, 3.05) is 18.8 Å². The number of sulfonamides is 1. The van der Waals surface area contributed by atoms with Crippen LogP contribution in [0, 0.1) is 0 Å². The summed E-state index contributed by atoms with van der Waals surface area (Å²) in [5, 5.41) is 0. The molecule has 2 aromatic rings. The fourth-order valence-corrected chi connectivity index (χ4v) is 5.14. The molecule has 0 radical (unpaired) electrons. The normalized spacial score (nSPS) is 14.5. The highest BCUT2D eigenvalue weighted by Gasteiger charge is 2.27. The molecule has 0 saturated carbocycles. The molecule has 0 aliphatic carbocycles. The molecule has 10 heteroatoms. The molecule has 1 aromatic carbocycles. The van der Waals surface area contributed by atoms with E-state index in [4.69, 9.17) is 0 Å². The van der Waals surface area contributed by atoms with Gasteiger partial charge in [0.1, 0.15) is 0 Å². The van der Waals surface area contributed by atoms with Crippen molar-refractivity contribution in [3.63, 3.8) is 0 Å². The largest absolute Gasteiger partial charge is 0.272 e. The molecule has 2 N–H and O–H groups in total. The van der Waals surface area contributed by atoms with E-state index in [-0.39, 0.29) is 22.1 Å². The Kier molecular flexibility index (Phi) is 7.24. The van der Waals surface area contributed by atoms with Gasteiger partial charge in [0.25, 0.3) is 5.91 Å². The van der Waals surface area contributed by atoms with Crippen LogP contribution >= 0.6 is 11.8 Å². The molecule has 1 fully saturated rings. The van der Waals surface area contributed by atoms with Crippen molar-refractivity contribution in [2.24, 2.45) is 0 Å². The maximum absolute atomic E-state index is 12.6. The summed E-state index contributed by atoms with van der Waals surface area (Å²) in [6.45, 7) is 0.982. The van der Waals surface area contributed by atoms with Gasteiger partial charge in [-0.3, -0.25) is 25.4 Å². The van der Waals surface area contributed by atoms with Crippen molar-refractivity contribution in [1.29, 1.82) is 0 Å². The number of pyridine rings is 1. The summed E-state index contributed by atoms with van der Waals surface area (Å²) in [5.41, 5.74) is 5.69. The second-order valence-corrected chi connectivity index (χ2v) is 9.38. The SMILES string of the molecule is O=C(CSCc1ccccn1)NNC(=O)c1cccc(S(=O)(=O)N2CCCC2)c1. The van der Waals surface area contributed by atoms with Crippen LogP contribution < -0.4 is 10.9 Å². The molecule has 3 rings (SSSR count). The first-order chi connectivity index (χ1) is 14.0. The lowest BCUT2D eigenvalue weighted by Crippen LogP contribution is -2.42. The standard InChI is InChI=1S/C19H22N4O4S2/c24-18(14-28-13-16-7-1-2-9-20-16)21-22-19(25)15-6-5-8-17(12-15)29(26,27)23-10-3-4-11-23/h1-2,5-9,12H,3-4,10-11,13-14H2,(H,21,24)(H,22,25). The van der Waals surface area contributed by atoms with Gasteiger partial charge in [0.15, 0.2) is 0 Å². The van der Waals surface area contributed by atoms with Gasteiger partial charge in [0, 0.05) is 30.6 Å². The highest BCUT2D eigenvalue weighted by Crippen LogP contribution is 2.21. The maximum atomic E-state index is 12.6. The van der Waals surface area contributed by atoms with Gasteiger partial charge >= 0.3 is 0 Å². The van der Waals surface area contributed by atoms with Crippen molar-refractivity contribution in [3.05, 3.63) is 59.9 Å². The molecule has 1 aromatic heterocycles. The van der Waals surface area contributed by atoms with Crippen LogP contribution in [0.25, 0.3) is 0 Å². The van der Waals surface area contributed by atoms with Gasteiger partial charge in [-0.25, -0.2) is 8.42 Å². The molecule has 8 nitrogen and oxygen atoms in total. The first-order valence-corrected chi connectivity index (χ1v) is 11.7. The monoisotopic (exact) mass is 434 g/mol. The van der Waals surface area contributed by atoms with Crippen LogP contribution in [0.3, 0.4) is 0 Å². The molecule has 1 aliphatic rings. The van der Waals surface area contributed by atoms with Crippen molar-refractivity contribution in [1.82, 2.24) is 20.1 Å². The van der Waals surface area contributed by atoms with Crippen LogP contribution in [-0.4, -0.2) is 48.4 Å². The van der Waals surface area contributed by atoms with Crippen molar-refractivity contribution < 1.29 is 18.0 Å². The Morgan fingerprint density at radius 2 is 1.86 bits per heavy atom. The van der Waals surface area contributed by atoms with E-state index in [2.05, 4.69) is 15.8 Å². The van der Waals surface area contributed by atoms with Gasteiger partial charge < -0.3 is 0 Å². The van der Waals surface area contributed by atoms with Crippen LogP contribution in [0.15, 0.2) is 53.6 Å². The molecule has 29 heavy (non-hydrogen) atoms. The molecule has 0 atom stereocenters. The van der Waals surface area contributed by atoms with Crippen LogP contribution in [0.2, 0.25) is 0 Å². The summed E-state index contributed by atoms with van der Waals surface area (Å²) >= 11 is 1.37. The Hall–Kier alpha value is -2.43. The summed E-state index contributed by atoms with van der Waals surface area (Å²) in [5.74, 6) is -0.203. The maximum Gasteiger partial charge on any atom is 0.269 e. The molecule has 0 spiro atoms. The predicted octanol–water partition coefficient (Wildman–Crippen LogP) is 1.56. The van der Waals surface area contributed by atoms with E-state index in [1.54, 1.807) is 6.20 Å². The Morgan fingerprint density at radius 3 is 2.59 bits per heavy atom. The number of hydrogen-bond acceptors (Lipinski definition) is 6. The summed E-state index contributed by atoms with van der Waals surface area (Å²) in [6.07, 6.45) is 3.36. The number of benzene rings is 1. The number of rotatable bonds is 7. The predicted molar refractivity (Wildman–Crippen MR) is 110 cm³/mol. The zero-order chi connectivity index (χ0) is 20.7. The number of hydrazine groups is 1. The Bertz CT molecular complexity index is 961. The van der Waals surface area contributed by atoms with Gasteiger partial charge in [-0.2, -0.15) is 4.31 Å². The molecule has 0 unspecified atom stereocenters. The van der Waals surface area contributed by atoms with Gasteiger partial charge in [0.2, 0.25) is 15.9 Å². The quantitative estimate of drug-likeness (QED) is 0.640. The van der Waals surface area contributed by atoms with Crippen LogP contribution in [0.5, 0.6) is 0 Å². The van der Waals surface area contributed by atoms with E-state index < -0.39 is 15.9 Å². The summed E-state index contributed by atoms with van der Waals surface area (Å²) < 4.78 is 26.7. The van der Waals surface area contributed by atoms with E-state index in [1.165, 1.54) is 40.3 Å². The Labute approximate surface area is 174 Å². The zero-order valence-electron chi connectivity index (χ0n) is 15.7. The van der Waals surface area contributed by atoms with Crippen LogP contribution in [-0.2, 0) is 20.6 Å². The third-order valence-corrected chi connectivity index (χ3v) is 7.18. The average molecular weight is 435 g/mol. The van der Waals surface area contributed by atoms with E-state index in [0.717, 1.165) is 18.5 Å². The van der Waals surface area contributed by atoms with E-state index in [9.17, 15) is 18.0 Å². The summed E-state index contributed by atoms with van der Waals surface area (Å²) in [6, 6.07) is 11.4. The molecule has 1 saturated heterocycles. The third-order valence-electron chi connectivity index (χ3n) is 4.32. The highest BCUT2D eigenvalue weighted by molar-refractivity contribution is 7.99. The number of amides is 2. The fraction of sp³-hybridized carbons (Fsp3) is 0.316. The van der Waals surface area contributed by atoms with E-state index in [1.807, 2.05) is 18.2 Å². The van der Waals surface area contributed by atoms with Crippen molar-refractivity contribution in [3.8, 4) is 0 Å². The van der Waals surface area contributed by atoms with Gasteiger partial charge in [-0.15, -0.1) is 11.8 Å². The molecule has 2 heterocycles. The highest BCUT2D eigenvalue weighted by atomic mass is 32.2. The lowest BCUT2D eigenvalue weighted by Gasteiger charge is -2.16. The molecule has 0 bridgehead atoms. The molecular formula is C19H22N4O4S2. The second-order valence-electron chi connectivity index (χ2n) is 6.46. The summed E-state index contributed by atoms with van der Waals surface area (Å²) in [7, 11) is -3.61. The second kappa shape index (κ2) is 9.86. The zero-order valence-corrected chi connectivity index (χ0v) is 17.3. The number of carbonyl (C=O) groups is 2. The smallest absolute Gasteiger partial charge is 0.269 e. The van der Waals surface area contributed by atoms with Crippen LogP contribution in [0.4, 0.5) is 0 Å². The summed E-state index contributed by atoms with van der Waals surface area (Å²) in [4.78, 5) is 28.4. The van der Waals surface area contributed by atoms with Gasteiger partial charge in [0.05, 0.1) is 16.3 Å². The minimum atomic E-state index is -3.61. The fourth-order valence-electron chi connectivity index (χ4n) is 2.84. The lowest BCUT2D eigenvalue weighted by molar-refractivity contribution is -0.119. The third kappa shape index (κ3) is 5.78. The number of aromatic nitrogens is 1. The topological polar surface area (TPSA) is 108 Å². The van der Waals surface area contributed by atoms with Gasteiger partial charge in [-0.1, -0.05) is 12.1 Å². The average Bonchev–Trinajstić information content (AvgIpc) is 3.29. The number of nitrogens with one attached hydrogen (secondary N) is 2. The molecule has 154 valence electrons.